The molecule has 0 heterocycles. The summed E-state index contributed by atoms with van der Waals surface area (Å²) in [6.07, 6.45) is 3.29. The first-order chi connectivity index (χ1) is 16.0. The van der Waals surface area contributed by atoms with Gasteiger partial charge in [-0.1, -0.05) is 66.9 Å². The van der Waals surface area contributed by atoms with Gasteiger partial charge in [0.15, 0.2) is 0 Å². The van der Waals surface area contributed by atoms with Crippen molar-refractivity contribution < 1.29 is 18.0 Å². The second-order valence-electron chi connectivity index (χ2n) is 8.01. The molecule has 0 unspecified atom stereocenters. The first-order valence-corrected chi connectivity index (χ1v) is 13.7. The van der Waals surface area contributed by atoms with Crippen LogP contribution in [0.1, 0.15) is 32.3 Å². The van der Waals surface area contributed by atoms with Gasteiger partial charge in [-0.15, -0.1) is 0 Å². The number of rotatable bonds is 12. The van der Waals surface area contributed by atoms with Gasteiger partial charge in [-0.25, -0.2) is 8.42 Å². The summed E-state index contributed by atoms with van der Waals surface area (Å²) in [5.41, 5.74) is 1.22. The number of hydrogen-bond acceptors (Lipinski definition) is 4. The van der Waals surface area contributed by atoms with E-state index in [1.807, 2.05) is 37.3 Å². The predicted octanol–water partition coefficient (Wildman–Crippen LogP) is 4.14. The summed E-state index contributed by atoms with van der Waals surface area (Å²) < 4.78 is 26.1. The van der Waals surface area contributed by atoms with Crippen molar-refractivity contribution in [2.24, 2.45) is 0 Å². The molecule has 1 atom stereocenters. The highest BCUT2D eigenvalue weighted by atomic mass is 35.5. The summed E-state index contributed by atoms with van der Waals surface area (Å²) in [6.45, 7) is 3.96. The van der Waals surface area contributed by atoms with E-state index in [0.29, 0.717) is 13.0 Å². The van der Waals surface area contributed by atoms with Crippen molar-refractivity contribution in [2.75, 3.05) is 30.2 Å². The Labute approximate surface area is 212 Å². The lowest BCUT2D eigenvalue weighted by atomic mass is 10.1. The van der Waals surface area contributed by atoms with Crippen molar-refractivity contribution in [3.05, 3.63) is 64.1 Å². The number of amides is 2. The Morgan fingerprint density at radius 3 is 2.32 bits per heavy atom. The SMILES string of the molecule is CCCCNC(=O)[C@H](C)N(CCc1ccccc1)C(=O)CN(c1ccc(Cl)c(Cl)c1)S(C)(=O)=O. The van der Waals surface area contributed by atoms with Crippen LogP contribution in [0.25, 0.3) is 0 Å². The highest BCUT2D eigenvalue weighted by molar-refractivity contribution is 7.92. The van der Waals surface area contributed by atoms with Gasteiger partial charge in [0.25, 0.3) is 0 Å². The van der Waals surface area contributed by atoms with E-state index in [2.05, 4.69) is 5.32 Å². The van der Waals surface area contributed by atoms with Crippen LogP contribution in [0, 0.1) is 0 Å². The molecule has 10 heteroatoms. The van der Waals surface area contributed by atoms with E-state index in [9.17, 15) is 18.0 Å². The minimum Gasteiger partial charge on any atom is -0.354 e. The smallest absolute Gasteiger partial charge is 0.244 e. The maximum Gasteiger partial charge on any atom is 0.244 e. The van der Waals surface area contributed by atoms with Crippen molar-refractivity contribution in [1.29, 1.82) is 0 Å². The Morgan fingerprint density at radius 2 is 1.74 bits per heavy atom. The van der Waals surface area contributed by atoms with Gasteiger partial charge in [0.1, 0.15) is 12.6 Å². The first-order valence-electron chi connectivity index (χ1n) is 11.1. The lowest BCUT2D eigenvalue weighted by molar-refractivity contribution is -0.138. The van der Waals surface area contributed by atoms with Gasteiger partial charge in [-0.2, -0.15) is 0 Å². The molecule has 186 valence electrons. The average Bonchev–Trinajstić information content (AvgIpc) is 2.79. The number of benzene rings is 2. The molecule has 0 aromatic heterocycles. The third kappa shape index (κ3) is 8.18. The lowest BCUT2D eigenvalue weighted by Crippen LogP contribution is -2.52. The number of unbranched alkanes of at least 4 members (excludes halogenated alkanes) is 1. The van der Waals surface area contributed by atoms with E-state index < -0.39 is 28.5 Å². The van der Waals surface area contributed by atoms with Crippen molar-refractivity contribution in [3.63, 3.8) is 0 Å². The van der Waals surface area contributed by atoms with Crippen LogP contribution >= 0.6 is 23.2 Å². The van der Waals surface area contributed by atoms with Crippen LogP contribution in [0.2, 0.25) is 10.0 Å². The summed E-state index contributed by atoms with van der Waals surface area (Å²) in [4.78, 5) is 27.6. The molecule has 1 N–H and O–H groups in total. The Bertz CT molecular complexity index is 1080. The quantitative estimate of drug-likeness (QED) is 0.420. The molecule has 0 aliphatic carbocycles. The molecular formula is C24H31Cl2N3O4S. The van der Waals surface area contributed by atoms with Crippen LogP contribution in [0.5, 0.6) is 0 Å². The number of nitrogens with one attached hydrogen (secondary N) is 1. The summed E-state index contributed by atoms with van der Waals surface area (Å²) >= 11 is 12.0. The third-order valence-electron chi connectivity index (χ3n) is 5.35. The second kappa shape index (κ2) is 13.0. The van der Waals surface area contributed by atoms with E-state index in [-0.39, 0.29) is 28.2 Å². The van der Waals surface area contributed by atoms with Crippen molar-refractivity contribution >= 4 is 50.7 Å². The number of halogens is 2. The maximum absolute atomic E-state index is 13.4. The van der Waals surface area contributed by atoms with Gasteiger partial charge in [0.2, 0.25) is 21.8 Å². The summed E-state index contributed by atoms with van der Waals surface area (Å²) in [5.74, 6) is -0.777. The molecule has 34 heavy (non-hydrogen) atoms. The molecule has 0 fully saturated rings. The van der Waals surface area contributed by atoms with Crippen LogP contribution in [-0.2, 0) is 26.0 Å². The molecule has 2 aromatic rings. The lowest BCUT2D eigenvalue weighted by Gasteiger charge is -2.31. The highest BCUT2D eigenvalue weighted by Crippen LogP contribution is 2.28. The highest BCUT2D eigenvalue weighted by Gasteiger charge is 2.29. The standard InChI is InChI=1S/C24H31Cl2N3O4S/c1-4-5-14-27-24(31)18(2)28(15-13-19-9-7-6-8-10-19)23(30)17-29(34(3,32)33)20-11-12-21(25)22(26)16-20/h6-12,16,18H,4-5,13-15,17H2,1-3H3,(H,27,31)/t18-/m0/s1. The molecule has 2 aromatic carbocycles. The fourth-order valence-electron chi connectivity index (χ4n) is 3.36. The minimum absolute atomic E-state index is 0.171. The number of carbonyl (C=O) groups is 2. The van der Waals surface area contributed by atoms with Crippen LogP contribution in [-0.4, -0.2) is 57.1 Å². The molecule has 0 aliphatic heterocycles. The largest absolute Gasteiger partial charge is 0.354 e. The van der Waals surface area contributed by atoms with Gasteiger partial charge in [-0.3, -0.25) is 13.9 Å². The van der Waals surface area contributed by atoms with E-state index in [1.54, 1.807) is 6.92 Å². The number of anilines is 1. The number of hydrogen-bond donors (Lipinski definition) is 1. The molecular weight excluding hydrogens is 497 g/mol. The van der Waals surface area contributed by atoms with Crippen LogP contribution in [0.15, 0.2) is 48.5 Å². The molecule has 0 bridgehead atoms. The van der Waals surface area contributed by atoms with Gasteiger partial charge >= 0.3 is 0 Å². The van der Waals surface area contributed by atoms with Gasteiger partial charge < -0.3 is 10.2 Å². The van der Waals surface area contributed by atoms with Gasteiger partial charge in [0, 0.05) is 13.1 Å². The van der Waals surface area contributed by atoms with Crippen LogP contribution in [0.3, 0.4) is 0 Å². The van der Waals surface area contributed by atoms with Crippen molar-refractivity contribution in [1.82, 2.24) is 10.2 Å². The van der Waals surface area contributed by atoms with Crippen LogP contribution in [0.4, 0.5) is 5.69 Å². The molecule has 2 rings (SSSR count). The summed E-state index contributed by atoms with van der Waals surface area (Å²) in [7, 11) is -3.82. The van der Waals surface area contributed by atoms with E-state index in [1.165, 1.54) is 23.1 Å². The predicted molar refractivity (Wildman–Crippen MR) is 138 cm³/mol. The Kier molecular flexibility index (Phi) is 10.7. The molecule has 2 amide bonds. The van der Waals surface area contributed by atoms with Crippen molar-refractivity contribution in [2.45, 2.75) is 39.2 Å². The number of nitrogens with zero attached hydrogens (tertiary/aromatic N) is 2. The molecule has 0 radical (unpaired) electrons. The molecule has 0 spiro atoms. The van der Waals surface area contributed by atoms with E-state index >= 15 is 0 Å². The normalized spacial score (nSPS) is 12.1. The van der Waals surface area contributed by atoms with Crippen molar-refractivity contribution in [3.8, 4) is 0 Å². The van der Waals surface area contributed by atoms with E-state index in [0.717, 1.165) is 29.0 Å². The van der Waals surface area contributed by atoms with Gasteiger partial charge in [-0.05, 0) is 43.5 Å². The fraction of sp³-hybridized carbons (Fsp3) is 0.417. The van der Waals surface area contributed by atoms with Gasteiger partial charge in [0.05, 0.1) is 22.0 Å². The second-order valence-corrected chi connectivity index (χ2v) is 10.7. The molecule has 0 aliphatic rings. The third-order valence-corrected chi connectivity index (χ3v) is 7.23. The Hall–Kier alpha value is -2.29. The zero-order valence-corrected chi connectivity index (χ0v) is 22.0. The number of carbonyl (C=O) groups excluding carboxylic acids is 2. The molecule has 7 nitrogen and oxygen atoms in total. The minimum atomic E-state index is -3.82. The van der Waals surface area contributed by atoms with Crippen LogP contribution < -0.4 is 9.62 Å². The zero-order valence-electron chi connectivity index (χ0n) is 19.6. The topological polar surface area (TPSA) is 86.8 Å². The number of sulfonamides is 1. The Balaban J connectivity index is 2.29. The first kappa shape index (κ1) is 28.0. The Morgan fingerprint density at radius 1 is 1.06 bits per heavy atom. The monoisotopic (exact) mass is 527 g/mol. The fourth-order valence-corrected chi connectivity index (χ4v) is 4.49. The van der Waals surface area contributed by atoms with E-state index in [4.69, 9.17) is 23.2 Å². The average molecular weight is 529 g/mol. The summed E-state index contributed by atoms with van der Waals surface area (Å²) in [6, 6.07) is 13.2. The zero-order chi connectivity index (χ0) is 25.3. The molecule has 0 saturated carbocycles. The summed E-state index contributed by atoms with van der Waals surface area (Å²) in [5, 5.41) is 3.29. The molecule has 0 saturated heterocycles. The maximum atomic E-state index is 13.4.